The van der Waals surface area contributed by atoms with Crippen LogP contribution >= 0.6 is 11.8 Å². The summed E-state index contributed by atoms with van der Waals surface area (Å²) in [5.41, 5.74) is 8.04. The Hall–Kier alpha value is -1.30. The molecular weight excluding hydrogens is 294 g/mol. The van der Waals surface area contributed by atoms with Crippen LogP contribution in [0.15, 0.2) is 33.6 Å². The molecule has 0 aliphatic carbocycles. The lowest BCUT2D eigenvalue weighted by Gasteiger charge is -2.29. The van der Waals surface area contributed by atoms with Gasteiger partial charge in [-0.1, -0.05) is 0 Å². The minimum Gasteiger partial charge on any atom is -0.441 e. The molecule has 1 aromatic heterocycles. The second-order valence-corrected chi connectivity index (χ2v) is 6.74. The molecule has 22 heavy (non-hydrogen) atoms. The topological polar surface area (TPSA) is 55.3 Å². The third kappa shape index (κ3) is 3.54. The summed E-state index contributed by atoms with van der Waals surface area (Å²) in [7, 11) is 0. The molecule has 1 fully saturated rings. The Morgan fingerprint density at radius 1 is 1.27 bits per heavy atom. The number of rotatable bonds is 4. The summed E-state index contributed by atoms with van der Waals surface area (Å²) < 4.78 is 5.87. The number of nitrogens with zero attached hydrogens (tertiary/aromatic N) is 2. The molecule has 1 aliphatic heterocycles. The lowest BCUT2D eigenvalue weighted by Crippen LogP contribution is -2.39. The lowest BCUT2D eigenvalue weighted by molar-refractivity contribution is 0.203. The Morgan fingerprint density at radius 2 is 1.95 bits per heavy atom. The summed E-state index contributed by atoms with van der Waals surface area (Å²) >= 11 is 1.74. The highest BCUT2D eigenvalue weighted by Crippen LogP contribution is 2.25. The first-order valence-corrected chi connectivity index (χ1v) is 8.97. The van der Waals surface area contributed by atoms with Crippen molar-refractivity contribution < 1.29 is 4.42 Å². The number of likely N-dealkylation sites (tertiary alicyclic amines) is 1. The highest BCUT2D eigenvalue weighted by molar-refractivity contribution is 7.98. The fourth-order valence-electron chi connectivity index (χ4n) is 2.75. The summed E-state index contributed by atoms with van der Waals surface area (Å²) in [6.45, 7) is 4.94. The molecular formula is C17H23N3OS. The summed E-state index contributed by atoms with van der Waals surface area (Å²) in [6, 6.07) is 8.71. The summed E-state index contributed by atoms with van der Waals surface area (Å²) in [5, 5.41) is 0. The van der Waals surface area contributed by atoms with E-state index in [1.54, 1.807) is 11.8 Å². The Bertz CT molecular complexity index is 615. The number of nitrogens with two attached hydrogens (primary N) is 1. The number of aromatic nitrogens is 1. The van der Waals surface area contributed by atoms with Crippen LogP contribution in [0.5, 0.6) is 0 Å². The first kappa shape index (κ1) is 15.6. The van der Waals surface area contributed by atoms with E-state index < -0.39 is 0 Å². The minimum absolute atomic E-state index is 0.361. The van der Waals surface area contributed by atoms with Crippen molar-refractivity contribution in [2.24, 2.45) is 5.73 Å². The molecule has 0 amide bonds. The van der Waals surface area contributed by atoms with E-state index in [2.05, 4.69) is 35.4 Å². The van der Waals surface area contributed by atoms with Crippen LogP contribution in [0.3, 0.4) is 0 Å². The van der Waals surface area contributed by atoms with Gasteiger partial charge in [0.2, 0.25) is 5.89 Å². The minimum atomic E-state index is 0.361. The monoisotopic (exact) mass is 317 g/mol. The smallest absolute Gasteiger partial charge is 0.226 e. The van der Waals surface area contributed by atoms with Crippen molar-refractivity contribution in [3.63, 3.8) is 0 Å². The third-order valence-electron chi connectivity index (χ3n) is 4.24. The van der Waals surface area contributed by atoms with Crippen molar-refractivity contribution >= 4 is 11.8 Å². The van der Waals surface area contributed by atoms with Gasteiger partial charge in [0.15, 0.2) is 0 Å². The molecule has 2 N–H and O–H groups in total. The molecule has 0 saturated carbocycles. The molecule has 118 valence electrons. The molecule has 3 rings (SSSR count). The van der Waals surface area contributed by atoms with Gasteiger partial charge in [-0.05, 0) is 50.3 Å². The summed E-state index contributed by atoms with van der Waals surface area (Å²) in [6.07, 6.45) is 4.22. The zero-order valence-corrected chi connectivity index (χ0v) is 14.0. The van der Waals surface area contributed by atoms with Crippen molar-refractivity contribution in [2.75, 3.05) is 19.3 Å². The van der Waals surface area contributed by atoms with Crippen molar-refractivity contribution in [1.29, 1.82) is 0 Å². The molecule has 0 atom stereocenters. The number of hydrogen-bond acceptors (Lipinski definition) is 5. The normalized spacial score (nSPS) is 17.0. The van der Waals surface area contributed by atoms with E-state index in [0.29, 0.717) is 11.9 Å². The van der Waals surface area contributed by atoms with Crippen molar-refractivity contribution in [2.45, 2.75) is 37.2 Å². The second kappa shape index (κ2) is 6.86. The largest absolute Gasteiger partial charge is 0.441 e. The third-order valence-corrected chi connectivity index (χ3v) is 4.98. The zero-order valence-electron chi connectivity index (χ0n) is 13.2. The first-order chi connectivity index (χ1) is 10.7. The highest BCUT2D eigenvalue weighted by atomic mass is 32.2. The quantitative estimate of drug-likeness (QED) is 0.877. The number of aryl methyl sites for hydroxylation is 1. The Morgan fingerprint density at radius 3 is 2.59 bits per heavy atom. The maximum Gasteiger partial charge on any atom is 0.226 e. The van der Waals surface area contributed by atoms with E-state index in [1.165, 1.54) is 4.90 Å². The van der Waals surface area contributed by atoms with Crippen LogP contribution in [0, 0.1) is 6.92 Å². The summed E-state index contributed by atoms with van der Waals surface area (Å²) in [5.74, 6) is 1.63. The van der Waals surface area contributed by atoms with Gasteiger partial charge in [0.25, 0.3) is 0 Å². The predicted octanol–water partition coefficient (Wildman–Crippen LogP) is 3.30. The van der Waals surface area contributed by atoms with Gasteiger partial charge >= 0.3 is 0 Å². The molecule has 0 spiro atoms. The van der Waals surface area contributed by atoms with Gasteiger partial charge in [-0.25, -0.2) is 4.98 Å². The van der Waals surface area contributed by atoms with Gasteiger partial charge in [-0.3, -0.25) is 4.90 Å². The van der Waals surface area contributed by atoms with Crippen LogP contribution in [0.25, 0.3) is 11.5 Å². The zero-order chi connectivity index (χ0) is 15.5. The number of thioether (sulfide) groups is 1. The number of oxazole rings is 1. The van der Waals surface area contributed by atoms with E-state index in [9.17, 15) is 0 Å². The van der Waals surface area contributed by atoms with E-state index in [4.69, 9.17) is 15.1 Å². The lowest BCUT2D eigenvalue weighted by atomic mass is 10.1. The Labute approximate surface area is 136 Å². The maximum atomic E-state index is 5.96. The van der Waals surface area contributed by atoms with E-state index in [-0.39, 0.29) is 0 Å². The summed E-state index contributed by atoms with van der Waals surface area (Å²) in [4.78, 5) is 8.36. The number of hydrogen-bond donors (Lipinski definition) is 1. The average Bonchev–Trinajstić information content (AvgIpc) is 2.91. The molecule has 1 saturated heterocycles. The van der Waals surface area contributed by atoms with Gasteiger partial charge < -0.3 is 10.2 Å². The number of piperidine rings is 1. The van der Waals surface area contributed by atoms with Crippen LogP contribution in [-0.2, 0) is 6.54 Å². The second-order valence-electron chi connectivity index (χ2n) is 5.86. The first-order valence-electron chi connectivity index (χ1n) is 7.74. The Balaban J connectivity index is 1.72. The van der Waals surface area contributed by atoms with Gasteiger partial charge in [0.1, 0.15) is 5.76 Å². The molecule has 2 heterocycles. The van der Waals surface area contributed by atoms with Gasteiger partial charge in [0, 0.05) is 36.1 Å². The maximum absolute atomic E-state index is 5.96. The molecule has 2 aromatic rings. The SMILES string of the molecule is CSc1ccc(-c2nc(CN3CCC(N)CC3)c(C)o2)cc1. The fourth-order valence-corrected chi connectivity index (χ4v) is 3.16. The average molecular weight is 317 g/mol. The van der Waals surface area contributed by atoms with Crippen LogP contribution in [0.1, 0.15) is 24.3 Å². The molecule has 1 aromatic carbocycles. The molecule has 0 bridgehead atoms. The van der Waals surface area contributed by atoms with Gasteiger partial charge in [0.05, 0.1) is 5.69 Å². The van der Waals surface area contributed by atoms with Crippen LogP contribution in [-0.4, -0.2) is 35.3 Å². The van der Waals surface area contributed by atoms with Crippen LogP contribution in [0.2, 0.25) is 0 Å². The highest BCUT2D eigenvalue weighted by Gasteiger charge is 2.19. The van der Waals surface area contributed by atoms with E-state index in [0.717, 1.165) is 49.5 Å². The molecule has 5 heteroatoms. The van der Waals surface area contributed by atoms with Crippen LogP contribution in [0.4, 0.5) is 0 Å². The van der Waals surface area contributed by atoms with Crippen molar-refractivity contribution in [3.05, 3.63) is 35.7 Å². The van der Waals surface area contributed by atoms with Gasteiger partial charge in [-0.2, -0.15) is 0 Å². The van der Waals surface area contributed by atoms with Gasteiger partial charge in [-0.15, -0.1) is 11.8 Å². The number of benzene rings is 1. The van der Waals surface area contributed by atoms with Crippen LogP contribution < -0.4 is 5.73 Å². The molecule has 0 radical (unpaired) electrons. The molecule has 0 unspecified atom stereocenters. The molecule has 1 aliphatic rings. The fraction of sp³-hybridized carbons (Fsp3) is 0.471. The predicted molar refractivity (Wildman–Crippen MR) is 90.9 cm³/mol. The van der Waals surface area contributed by atoms with Crippen molar-refractivity contribution in [3.8, 4) is 11.5 Å². The van der Waals surface area contributed by atoms with E-state index >= 15 is 0 Å². The Kier molecular flexibility index (Phi) is 4.86. The standard InChI is InChI=1S/C17H23N3OS/c1-12-16(11-20-9-7-14(18)8-10-20)19-17(21-12)13-3-5-15(22-2)6-4-13/h3-6,14H,7-11,18H2,1-2H3. The van der Waals surface area contributed by atoms with E-state index in [1.807, 2.05) is 6.92 Å². The van der Waals surface area contributed by atoms with Crippen molar-refractivity contribution in [1.82, 2.24) is 9.88 Å². The molecule has 4 nitrogen and oxygen atoms in total.